The van der Waals surface area contributed by atoms with Crippen LogP contribution in [0.25, 0.3) is 0 Å². The summed E-state index contributed by atoms with van der Waals surface area (Å²) in [7, 11) is 0. The van der Waals surface area contributed by atoms with Gasteiger partial charge < -0.3 is 50.5 Å². The summed E-state index contributed by atoms with van der Waals surface area (Å²) in [5.41, 5.74) is 0. The summed E-state index contributed by atoms with van der Waals surface area (Å²) < 4.78 is 11.2. The summed E-state index contributed by atoms with van der Waals surface area (Å²) in [5.74, 6) is -0.704. The highest BCUT2D eigenvalue weighted by Gasteiger charge is 2.44. The van der Waals surface area contributed by atoms with Crippen LogP contribution >= 0.6 is 0 Å². The Balaban J connectivity index is 2.21. The van der Waals surface area contributed by atoms with Crippen LogP contribution in [-0.4, -0.2) is 110 Å². The monoisotopic (exact) mass is 1150 g/mol. The molecule has 11 nitrogen and oxygen atoms in total. The molecule has 9 atom stereocenters. The van der Waals surface area contributed by atoms with Crippen molar-refractivity contribution >= 4 is 5.91 Å². The lowest BCUT2D eigenvalue weighted by Crippen LogP contribution is -2.60. The van der Waals surface area contributed by atoms with E-state index < -0.39 is 74.2 Å². The number of rotatable bonds is 62. The van der Waals surface area contributed by atoms with Crippen LogP contribution in [0.2, 0.25) is 0 Å². The molecule has 8 N–H and O–H groups in total. The number of aliphatic hydroxyl groups excluding tert-OH is 7. The maximum atomic E-state index is 13.2. The minimum Gasteiger partial charge on any atom is -0.394 e. The third-order valence-corrected chi connectivity index (χ3v) is 17.2. The van der Waals surface area contributed by atoms with E-state index in [9.17, 15) is 40.5 Å². The quantitative estimate of drug-likeness (QED) is 0.0215. The summed E-state index contributed by atoms with van der Waals surface area (Å²) in [5, 5.41) is 76.5. The molecule has 0 aliphatic carbocycles. The normalized spacial score (nSPS) is 19.2. The van der Waals surface area contributed by atoms with E-state index in [1.54, 1.807) is 0 Å². The number of hydrogen-bond donors (Lipinski definition) is 8. The van der Waals surface area contributed by atoms with Gasteiger partial charge in [-0.15, -0.1) is 0 Å². The van der Waals surface area contributed by atoms with E-state index in [1.807, 2.05) is 0 Å². The van der Waals surface area contributed by atoms with Gasteiger partial charge in [-0.3, -0.25) is 4.79 Å². The standard InChI is InChI=1S/C70H135NO10/c1-3-5-7-9-11-13-15-17-19-21-23-25-27-28-29-30-31-32-33-34-36-37-39-41-43-45-47-49-51-53-55-57-62(73)65(75)61(60-80-70-68(78)67(77)66(76)64(59-72)81-70)71-69(79)63(74)58-56-54-52-50-48-46-44-42-40-38-35-26-24-22-20-18-16-14-12-10-8-6-4-2/h38,40,49,51,61-68,70,72-78H,3-37,39,41-48,50,52-60H2,1-2H3,(H,71,79)/b40-38-,51-49+. The van der Waals surface area contributed by atoms with Gasteiger partial charge in [0, 0.05) is 0 Å². The molecule has 1 fully saturated rings. The zero-order chi connectivity index (χ0) is 58.9. The van der Waals surface area contributed by atoms with Gasteiger partial charge in [0.25, 0.3) is 0 Å². The highest BCUT2D eigenvalue weighted by atomic mass is 16.7. The molecule has 11 heteroatoms. The molecular formula is C70H135NO10. The number of aliphatic hydroxyl groups is 7. The van der Waals surface area contributed by atoms with Gasteiger partial charge in [-0.25, -0.2) is 0 Å². The van der Waals surface area contributed by atoms with Gasteiger partial charge in [0.05, 0.1) is 25.4 Å². The number of allylic oxidation sites excluding steroid dienone is 4. The summed E-state index contributed by atoms with van der Waals surface area (Å²) in [4.78, 5) is 13.2. The Hall–Kier alpha value is -1.41. The summed E-state index contributed by atoms with van der Waals surface area (Å²) in [6.45, 7) is 3.50. The van der Waals surface area contributed by atoms with Crippen LogP contribution < -0.4 is 5.32 Å². The molecule has 1 aliphatic rings. The van der Waals surface area contributed by atoms with Gasteiger partial charge in [-0.2, -0.15) is 0 Å². The molecule has 81 heavy (non-hydrogen) atoms. The average molecular weight is 1150 g/mol. The van der Waals surface area contributed by atoms with E-state index in [4.69, 9.17) is 9.47 Å². The highest BCUT2D eigenvalue weighted by molar-refractivity contribution is 5.80. The molecule has 1 heterocycles. The van der Waals surface area contributed by atoms with Crippen LogP contribution in [0.3, 0.4) is 0 Å². The van der Waals surface area contributed by atoms with E-state index in [0.29, 0.717) is 12.8 Å². The zero-order valence-electron chi connectivity index (χ0n) is 53.0. The number of ether oxygens (including phenoxy) is 2. The van der Waals surface area contributed by atoms with E-state index in [0.717, 1.165) is 44.9 Å². The first-order chi connectivity index (χ1) is 39.7. The second-order valence-corrected chi connectivity index (χ2v) is 25.0. The average Bonchev–Trinajstić information content (AvgIpc) is 3.51. The number of hydrogen-bond acceptors (Lipinski definition) is 10. The van der Waals surface area contributed by atoms with Crippen LogP contribution in [0.1, 0.15) is 348 Å². The maximum Gasteiger partial charge on any atom is 0.249 e. The third kappa shape index (κ3) is 46.5. The second kappa shape index (κ2) is 58.9. The Bertz CT molecular complexity index is 1370. The van der Waals surface area contributed by atoms with Crippen LogP contribution in [-0.2, 0) is 14.3 Å². The molecule has 0 aromatic heterocycles. The first-order valence-electron chi connectivity index (χ1n) is 35.2. The first-order valence-corrected chi connectivity index (χ1v) is 35.2. The Morgan fingerprint density at radius 3 is 1.06 bits per heavy atom. The smallest absolute Gasteiger partial charge is 0.249 e. The van der Waals surface area contributed by atoms with Gasteiger partial charge in [0.15, 0.2) is 6.29 Å². The lowest BCUT2D eigenvalue weighted by Gasteiger charge is -2.40. The van der Waals surface area contributed by atoms with Gasteiger partial charge >= 0.3 is 0 Å². The third-order valence-electron chi connectivity index (χ3n) is 17.2. The summed E-state index contributed by atoms with van der Waals surface area (Å²) in [6, 6.07) is -1.19. The fourth-order valence-corrected chi connectivity index (χ4v) is 11.6. The number of carbonyl (C=O) groups is 1. The predicted octanol–water partition coefficient (Wildman–Crippen LogP) is 16.8. The second-order valence-electron chi connectivity index (χ2n) is 25.0. The molecule has 0 bridgehead atoms. The molecule has 0 radical (unpaired) electrons. The van der Waals surface area contributed by atoms with Crippen molar-refractivity contribution in [1.82, 2.24) is 5.32 Å². The van der Waals surface area contributed by atoms with Crippen LogP contribution in [0.15, 0.2) is 24.3 Å². The molecule has 1 aliphatic heterocycles. The molecule has 0 aromatic rings. The van der Waals surface area contributed by atoms with Gasteiger partial charge in [-0.1, -0.05) is 308 Å². The summed E-state index contributed by atoms with van der Waals surface area (Å²) in [6.07, 6.45) is 62.7. The van der Waals surface area contributed by atoms with Crippen molar-refractivity contribution in [3.8, 4) is 0 Å². The van der Waals surface area contributed by atoms with E-state index in [-0.39, 0.29) is 12.8 Å². The predicted molar refractivity (Wildman–Crippen MR) is 339 cm³/mol. The van der Waals surface area contributed by atoms with Crippen LogP contribution in [0.4, 0.5) is 0 Å². The minimum atomic E-state index is -1.67. The molecule has 0 saturated carbocycles. The first kappa shape index (κ1) is 77.6. The van der Waals surface area contributed by atoms with E-state index >= 15 is 0 Å². The Kier molecular flexibility index (Phi) is 56.5. The van der Waals surface area contributed by atoms with E-state index in [1.165, 1.54) is 263 Å². The van der Waals surface area contributed by atoms with Gasteiger partial charge in [0.2, 0.25) is 5.91 Å². The van der Waals surface area contributed by atoms with Gasteiger partial charge in [-0.05, 0) is 64.2 Å². The number of amides is 1. The Morgan fingerprint density at radius 1 is 0.420 bits per heavy atom. The summed E-state index contributed by atoms with van der Waals surface area (Å²) >= 11 is 0. The molecule has 1 amide bonds. The number of unbranched alkanes of at least 4 members (excludes halogenated alkanes) is 46. The lowest BCUT2D eigenvalue weighted by molar-refractivity contribution is -0.303. The van der Waals surface area contributed by atoms with Crippen molar-refractivity contribution in [2.75, 3.05) is 13.2 Å². The molecule has 480 valence electrons. The van der Waals surface area contributed by atoms with Crippen molar-refractivity contribution in [3.05, 3.63) is 24.3 Å². The molecule has 0 spiro atoms. The highest BCUT2D eigenvalue weighted by Crippen LogP contribution is 2.24. The molecule has 9 unspecified atom stereocenters. The fourth-order valence-electron chi connectivity index (χ4n) is 11.6. The van der Waals surface area contributed by atoms with Crippen LogP contribution in [0.5, 0.6) is 0 Å². The molecule has 1 saturated heterocycles. The SMILES string of the molecule is CCCCCCCCCCCCCC/C=C\CCCCCCCCCC(O)C(=O)NC(COC1OC(CO)C(O)C(O)C1O)C(O)C(O)CCC/C=C/CCCCCCCCCCCCCCCCCCCCCCCCCCCC. The lowest BCUT2D eigenvalue weighted by atomic mass is 9.98. The maximum absolute atomic E-state index is 13.2. The topological polar surface area (TPSA) is 189 Å². The largest absolute Gasteiger partial charge is 0.394 e. The Morgan fingerprint density at radius 2 is 0.728 bits per heavy atom. The van der Waals surface area contributed by atoms with Crippen molar-refractivity contribution in [2.24, 2.45) is 0 Å². The number of carbonyl (C=O) groups excluding carboxylic acids is 1. The minimum absolute atomic E-state index is 0.251. The molecule has 1 rings (SSSR count). The van der Waals surface area contributed by atoms with Crippen molar-refractivity contribution in [1.29, 1.82) is 0 Å². The molecular weight excluding hydrogens is 1010 g/mol. The molecule has 0 aromatic carbocycles. The van der Waals surface area contributed by atoms with Crippen LogP contribution in [0, 0.1) is 0 Å². The van der Waals surface area contributed by atoms with Crippen molar-refractivity contribution in [2.45, 2.75) is 403 Å². The number of nitrogens with one attached hydrogen (secondary N) is 1. The van der Waals surface area contributed by atoms with Crippen molar-refractivity contribution in [3.63, 3.8) is 0 Å². The van der Waals surface area contributed by atoms with E-state index in [2.05, 4.69) is 43.5 Å². The zero-order valence-corrected chi connectivity index (χ0v) is 53.0. The Labute approximate surface area is 499 Å². The fraction of sp³-hybridized carbons (Fsp3) is 0.929. The van der Waals surface area contributed by atoms with Crippen molar-refractivity contribution < 1.29 is 50.0 Å². The van der Waals surface area contributed by atoms with Gasteiger partial charge in [0.1, 0.15) is 36.6 Å².